The first kappa shape index (κ1) is 20.7. The predicted octanol–water partition coefficient (Wildman–Crippen LogP) is 4.64. The number of ether oxygens (including phenoxy) is 2. The number of anilines is 1. The van der Waals surface area contributed by atoms with Gasteiger partial charge in [-0.15, -0.1) is 0 Å². The zero-order valence-corrected chi connectivity index (χ0v) is 16.9. The lowest BCUT2D eigenvalue weighted by atomic mass is 10.2. The molecular formula is C21H26N2O3S. The molecule has 2 aromatic carbocycles. The van der Waals surface area contributed by atoms with Gasteiger partial charge in [-0.3, -0.25) is 10.1 Å². The van der Waals surface area contributed by atoms with E-state index in [0.717, 1.165) is 17.2 Å². The molecule has 5 nitrogen and oxygen atoms in total. The fourth-order valence-electron chi connectivity index (χ4n) is 2.19. The van der Waals surface area contributed by atoms with E-state index in [2.05, 4.69) is 24.5 Å². The van der Waals surface area contributed by atoms with E-state index in [1.807, 2.05) is 38.1 Å². The number of hydrogen-bond donors (Lipinski definition) is 2. The number of carbonyl (C=O) groups is 1. The molecular weight excluding hydrogens is 360 g/mol. The van der Waals surface area contributed by atoms with Gasteiger partial charge in [-0.25, -0.2) is 0 Å². The first-order valence-corrected chi connectivity index (χ1v) is 9.36. The molecule has 0 fully saturated rings. The topological polar surface area (TPSA) is 59.6 Å². The Hall–Kier alpha value is -2.60. The zero-order chi connectivity index (χ0) is 19.8. The van der Waals surface area contributed by atoms with Crippen molar-refractivity contribution in [2.45, 2.75) is 33.8 Å². The second-order valence-corrected chi connectivity index (χ2v) is 7.24. The van der Waals surface area contributed by atoms with Crippen molar-refractivity contribution < 1.29 is 14.3 Å². The molecule has 0 aromatic heterocycles. The van der Waals surface area contributed by atoms with Crippen molar-refractivity contribution in [3.05, 3.63) is 54.1 Å². The minimum Gasteiger partial charge on any atom is -0.493 e. The molecule has 1 amide bonds. The Kier molecular flexibility index (Phi) is 7.61. The average Bonchev–Trinajstić information content (AvgIpc) is 2.61. The van der Waals surface area contributed by atoms with E-state index in [-0.39, 0.29) is 17.1 Å². The van der Waals surface area contributed by atoms with Crippen molar-refractivity contribution in [2.24, 2.45) is 5.92 Å². The fourth-order valence-corrected chi connectivity index (χ4v) is 2.40. The van der Waals surface area contributed by atoms with Crippen molar-refractivity contribution in [3.63, 3.8) is 0 Å². The molecule has 2 aromatic rings. The lowest BCUT2D eigenvalue weighted by Gasteiger charge is -2.12. The van der Waals surface area contributed by atoms with Gasteiger partial charge in [-0.05, 0) is 80.5 Å². The van der Waals surface area contributed by atoms with E-state index in [1.165, 1.54) is 0 Å². The third kappa shape index (κ3) is 7.27. The van der Waals surface area contributed by atoms with Gasteiger partial charge >= 0.3 is 0 Å². The highest BCUT2D eigenvalue weighted by atomic mass is 32.1. The molecule has 0 aliphatic heterocycles. The maximum absolute atomic E-state index is 12.3. The van der Waals surface area contributed by atoms with Crippen molar-refractivity contribution in [3.8, 4) is 11.5 Å². The number of thiocarbonyl (C=S) groups is 1. The van der Waals surface area contributed by atoms with E-state index in [0.29, 0.717) is 18.1 Å². The molecule has 6 heteroatoms. The molecule has 0 bridgehead atoms. The lowest BCUT2D eigenvalue weighted by molar-refractivity contribution is 0.0977. The Morgan fingerprint density at radius 1 is 0.963 bits per heavy atom. The number of hydrogen-bond acceptors (Lipinski definition) is 4. The van der Waals surface area contributed by atoms with E-state index in [9.17, 15) is 4.79 Å². The van der Waals surface area contributed by atoms with Gasteiger partial charge in [-0.1, -0.05) is 13.8 Å². The second-order valence-electron chi connectivity index (χ2n) is 6.83. The number of amides is 1. The van der Waals surface area contributed by atoms with E-state index >= 15 is 0 Å². The largest absolute Gasteiger partial charge is 0.493 e. The maximum Gasteiger partial charge on any atom is 0.257 e. The summed E-state index contributed by atoms with van der Waals surface area (Å²) in [5.74, 6) is 1.69. The molecule has 2 N–H and O–H groups in total. The summed E-state index contributed by atoms with van der Waals surface area (Å²) < 4.78 is 11.2. The maximum atomic E-state index is 12.3. The second kappa shape index (κ2) is 9.92. The van der Waals surface area contributed by atoms with Crippen LogP contribution in [0.4, 0.5) is 5.69 Å². The third-order valence-electron chi connectivity index (χ3n) is 3.41. The summed E-state index contributed by atoms with van der Waals surface area (Å²) in [7, 11) is 0. The van der Waals surface area contributed by atoms with Crippen molar-refractivity contribution in [1.29, 1.82) is 0 Å². The van der Waals surface area contributed by atoms with Crippen LogP contribution in [-0.4, -0.2) is 23.7 Å². The quantitative estimate of drug-likeness (QED) is 0.679. The van der Waals surface area contributed by atoms with Gasteiger partial charge in [0.1, 0.15) is 11.5 Å². The molecule has 0 radical (unpaired) electrons. The van der Waals surface area contributed by atoms with Crippen LogP contribution in [-0.2, 0) is 0 Å². The van der Waals surface area contributed by atoms with Crippen LogP contribution in [0.15, 0.2) is 48.5 Å². The van der Waals surface area contributed by atoms with Crippen LogP contribution in [0.2, 0.25) is 0 Å². The van der Waals surface area contributed by atoms with E-state index in [4.69, 9.17) is 21.7 Å². The first-order valence-electron chi connectivity index (χ1n) is 8.95. The summed E-state index contributed by atoms with van der Waals surface area (Å²) >= 11 is 5.21. The average molecular weight is 387 g/mol. The van der Waals surface area contributed by atoms with Crippen molar-refractivity contribution in [2.75, 3.05) is 11.9 Å². The van der Waals surface area contributed by atoms with Gasteiger partial charge in [0.2, 0.25) is 0 Å². The van der Waals surface area contributed by atoms with Crippen LogP contribution >= 0.6 is 12.2 Å². The Bertz CT molecular complexity index is 756. The summed E-state index contributed by atoms with van der Waals surface area (Å²) in [6, 6.07) is 14.4. The monoisotopic (exact) mass is 386 g/mol. The molecule has 0 saturated carbocycles. The highest BCUT2D eigenvalue weighted by Crippen LogP contribution is 2.17. The summed E-state index contributed by atoms with van der Waals surface area (Å²) in [6.07, 6.45) is 0.117. The molecule has 0 saturated heterocycles. The number of carbonyl (C=O) groups excluding carboxylic acids is 1. The molecule has 0 aliphatic carbocycles. The van der Waals surface area contributed by atoms with E-state index < -0.39 is 0 Å². The normalized spacial score (nSPS) is 10.6. The molecule has 2 rings (SSSR count). The van der Waals surface area contributed by atoms with Gasteiger partial charge < -0.3 is 14.8 Å². The zero-order valence-electron chi connectivity index (χ0n) is 16.1. The molecule has 0 spiro atoms. The summed E-state index contributed by atoms with van der Waals surface area (Å²) in [5.41, 5.74) is 1.28. The lowest BCUT2D eigenvalue weighted by Crippen LogP contribution is -2.34. The molecule has 0 aliphatic rings. The molecule has 0 heterocycles. The van der Waals surface area contributed by atoms with Crippen molar-refractivity contribution >= 4 is 28.9 Å². The minimum absolute atomic E-state index is 0.117. The molecule has 144 valence electrons. The molecule has 27 heavy (non-hydrogen) atoms. The third-order valence-corrected chi connectivity index (χ3v) is 3.61. The summed E-state index contributed by atoms with van der Waals surface area (Å²) in [5, 5.41) is 5.89. The van der Waals surface area contributed by atoms with Crippen LogP contribution in [0.5, 0.6) is 11.5 Å². The van der Waals surface area contributed by atoms with Gasteiger partial charge in [0.15, 0.2) is 5.11 Å². The Morgan fingerprint density at radius 3 is 2.11 bits per heavy atom. The smallest absolute Gasteiger partial charge is 0.257 e. The van der Waals surface area contributed by atoms with Gasteiger partial charge in [0, 0.05) is 11.3 Å². The highest BCUT2D eigenvalue weighted by molar-refractivity contribution is 7.80. The van der Waals surface area contributed by atoms with Crippen LogP contribution in [0.25, 0.3) is 0 Å². The predicted molar refractivity (Wildman–Crippen MR) is 113 cm³/mol. The highest BCUT2D eigenvalue weighted by Gasteiger charge is 2.09. The number of benzene rings is 2. The fraction of sp³-hybridized carbons (Fsp3) is 0.333. The Labute approximate surface area is 166 Å². The first-order chi connectivity index (χ1) is 12.8. The van der Waals surface area contributed by atoms with Crippen LogP contribution < -0.4 is 20.1 Å². The van der Waals surface area contributed by atoms with Crippen molar-refractivity contribution in [1.82, 2.24) is 5.32 Å². The molecule has 0 atom stereocenters. The summed E-state index contributed by atoms with van der Waals surface area (Å²) in [6.45, 7) is 8.75. The molecule has 0 unspecified atom stereocenters. The minimum atomic E-state index is -0.275. The van der Waals surface area contributed by atoms with Gasteiger partial charge in [-0.2, -0.15) is 0 Å². The standard InChI is InChI=1S/C21H26N2O3S/c1-14(2)13-25-18-9-5-16(6-10-18)20(24)23-21(27)22-17-7-11-19(12-8-17)26-15(3)4/h5-12,14-15H,13H2,1-4H3,(H2,22,23,24,27). The van der Waals surface area contributed by atoms with Crippen LogP contribution in [0.1, 0.15) is 38.1 Å². The Balaban J connectivity index is 1.86. The summed E-state index contributed by atoms with van der Waals surface area (Å²) in [4.78, 5) is 12.3. The Morgan fingerprint density at radius 2 is 1.56 bits per heavy atom. The van der Waals surface area contributed by atoms with Crippen LogP contribution in [0.3, 0.4) is 0 Å². The van der Waals surface area contributed by atoms with Crippen LogP contribution in [0, 0.1) is 5.92 Å². The van der Waals surface area contributed by atoms with Gasteiger partial charge in [0.05, 0.1) is 12.7 Å². The number of rotatable bonds is 7. The SMILES string of the molecule is CC(C)COc1ccc(C(=O)NC(=S)Nc2ccc(OC(C)C)cc2)cc1. The van der Waals surface area contributed by atoms with Gasteiger partial charge in [0.25, 0.3) is 5.91 Å². The number of nitrogens with one attached hydrogen (secondary N) is 2. The van der Waals surface area contributed by atoms with E-state index in [1.54, 1.807) is 24.3 Å².